The topological polar surface area (TPSA) is 75.6 Å². The summed E-state index contributed by atoms with van der Waals surface area (Å²) < 4.78 is 1.91. The van der Waals surface area contributed by atoms with Crippen LogP contribution in [-0.2, 0) is 6.54 Å². The summed E-state index contributed by atoms with van der Waals surface area (Å²) in [4.78, 5) is 19.6. The number of halogens is 1. The van der Waals surface area contributed by atoms with Gasteiger partial charge in [-0.25, -0.2) is 4.68 Å². The van der Waals surface area contributed by atoms with Gasteiger partial charge in [0.2, 0.25) is 5.95 Å². The molecule has 4 rings (SSSR count). The van der Waals surface area contributed by atoms with Crippen molar-refractivity contribution in [2.75, 3.05) is 5.32 Å². The van der Waals surface area contributed by atoms with E-state index >= 15 is 0 Å². The van der Waals surface area contributed by atoms with E-state index in [1.165, 1.54) is 12.8 Å². The van der Waals surface area contributed by atoms with Gasteiger partial charge in [-0.15, -0.1) is 0 Å². The maximum atomic E-state index is 12.3. The molecule has 7 heteroatoms. The van der Waals surface area contributed by atoms with Crippen LogP contribution in [0.5, 0.6) is 0 Å². The minimum absolute atomic E-state index is 0.164. The number of nitrogens with zero attached hydrogens (tertiary/aromatic N) is 3. The second kappa shape index (κ2) is 6.28. The number of H-pyrrole nitrogens is 1. The van der Waals surface area contributed by atoms with Crippen LogP contribution in [0.15, 0.2) is 35.3 Å². The molecular formula is C17H18ClN5O. The SMILES string of the molecule is O=c1[nH]c(NCc2ccc(Cl)cc2)nc2c1cnn2C1CCCC1. The van der Waals surface area contributed by atoms with Gasteiger partial charge >= 0.3 is 0 Å². The Balaban J connectivity index is 1.62. The lowest BCUT2D eigenvalue weighted by molar-refractivity contribution is 0.478. The zero-order chi connectivity index (χ0) is 16.5. The first kappa shape index (κ1) is 15.2. The van der Waals surface area contributed by atoms with Crippen molar-refractivity contribution in [2.24, 2.45) is 0 Å². The number of anilines is 1. The van der Waals surface area contributed by atoms with Gasteiger partial charge in [0, 0.05) is 11.6 Å². The number of rotatable bonds is 4. The molecule has 0 amide bonds. The van der Waals surface area contributed by atoms with Gasteiger partial charge in [-0.05, 0) is 30.5 Å². The normalized spacial score (nSPS) is 15.2. The highest BCUT2D eigenvalue weighted by Gasteiger charge is 2.21. The molecule has 6 nitrogen and oxygen atoms in total. The third-order valence-electron chi connectivity index (χ3n) is 4.51. The fourth-order valence-electron chi connectivity index (χ4n) is 3.22. The van der Waals surface area contributed by atoms with Gasteiger partial charge in [-0.3, -0.25) is 9.78 Å². The zero-order valence-corrected chi connectivity index (χ0v) is 13.9. The average molecular weight is 344 g/mol. The van der Waals surface area contributed by atoms with Crippen LogP contribution in [0.1, 0.15) is 37.3 Å². The van der Waals surface area contributed by atoms with E-state index in [0.717, 1.165) is 18.4 Å². The summed E-state index contributed by atoms with van der Waals surface area (Å²) in [5, 5.41) is 8.81. The molecule has 2 heterocycles. The third kappa shape index (κ3) is 2.89. The van der Waals surface area contributed by atoms with Crippen LogP contribution in [0.3, 0.4) is 0 Å². The van der Waals surface area contributed by atoms with Gasteiger partial charge in [0.1, 0.15) is 5.39 Å². The minimum Gasteiger partial charge on any atom is -0.352 e. The van der Waals surface area contributed by atoms with E-state index in [-0.39, 0.29) is 5.56 Å². The summed E-state index contributed by atoms with van der Waals surface area (Å²) in [5.41, 5.74) is 1.55. The van der Waals surface area contributed by atoms with Crippen LogP contribution in [0.25, 0.3) is 11.0 Å². The summed E-state index contributed by atoms with van der Waals surface area (Å²) in [6.45, 7) is 0.559. The maximum absolute atomic E-state index is 12.3. The van der Waals surface area contributed by atoms with Crippen molar-refractivity contribution in [1.29, 1.82) is 0 Å². The lowest BCUT2D eigenvalue weighted by atomic mass is 10.2. The lowest BCUT2D eigenvalue weighted by Crippen LogP contribution is -2.15. The first-order valence-corrected chi connectivity index (χ1v) is 8.54. The van der Waals surface area contributed by atoms with Gasteiger partial charge in [-0.2, -0.15) is 10.1 Å². The summed E-state index contributed by atoms with van der Waals surface area (Å²) >= 11 is 5.89. The molecule has 1 aliphatic carbocycles. The Morgan fingerprint density at radius 2 is 2.00 bits per heavy atom. The van der Waals surface area contributed by atoms with Crippen LogP contribution in [0.2, 0.25) is 5.02 Å². The minimum atomic E-state index is -0.164. The van der Waals surface area contributed by atoms with Crippen molar-refractivity contribution in [2.45, 2.75) is 38.3 Å². The van der Waals surface area contributed by atoms with Crippen molar-refractivity contribution >= 4 is 28.6 Å². The Hall–Kier alpha value is -2.34. The molecule has 1 fully saturated rings. The van der Waals surface area contributed by atoms with Crippen LogP contribution >= 0.6 is 11.6 Å². The molecule has 1 saturated carbocycles. The van der Waals surface area contributed by atoms with E-state index < -0.39 is 0 Å². The van der Waals surface area contributed by atoms with E-state index in [2.05, 4.69) is 20.4 Å². The first-order valence-electron chi connectivity index (χ1n) is 8.16. The predicted molar refractivity (Wildman–Crippen MR) is 94.4 cm³/mol. The molecule has 0 spiro atoms. The zero-order valence-electron chi connectivity index (χ0n) is 13.1. The monoisotopic (exact) mass is 343 g/mol. The standard InChI is InChI=1S/C17H18ClN5O/c18-12-7-5-11(6-8-12)9-19-17-21-15-14(16(24)22-17)10-20-23(15)13-3-1-2-4-13/h5-8,10,13H,1-4,9H2,(H2,19,21,22,24). The Bertz CT molecular complexity index is 909. The van der Waals surface area contributed by atoms with Gasteiger partial charge in [-0.1, -0.05) is 36.6 Å². The summed E-state index contributed by atoms with van der Waals surface area (Å²) in [5.74, 6) is 0.460. The molecule has 1 aliphatic rings. The van der Waals surface area contributed by atoms with E-state index in [0.29, 0.717) is 34.6 Å². The van der Waals surface area contributed by atoms with Gasteiger partial charge in [0.25, 0.3) is 5.56 Å². The van der Waals surface area contributed by atoms with E-state index in [9.17, 15) is 4.79 Å². The molecule has 0 unspecified atom stereocenters. The quantitative estimate of drug-likeness (QED) is 0.760. The number of hydrogen-bond acceptors (Lipinski definition) is 4. The molecule has 0 radical (unpaired) electrons. The van der Waals surface area contributed by atoms with Crippen LogP contribution in [0, 0.1) is 0 Å². The van der Waals surface area contributed by atoms with Crippen LogP contribution < -0.4 is 10.9 Å². The van der Waals surface area contributed by atoms with Gasteiger partial charge in [0.15, 0.2) is 5.65 Å². The fraction of sp³-hybridized carbons (Fsp3) is 0.353. The number of nitrogens with one attached hydrogen (secondary N) is 2. The number of fused-ring (bicyclic) bond motifs is 1. The Labute approximate surface area is 143 Å². The Morgan fingerprint density at radius 3 is 2.75 bits per heavy atom. The average Bonchev–Trinajstić information content (AvgIpc) is 3.23. The van der Waals surface area contributed by atoms with Crippen molar-refractivity contribution < 1.29 is 0 Å². The number of aromatic amines is 1. The molecule has 1 aromatic carbocycles. The molecule has 24 heavy (non-hydrogen) atoms. The summed E-state index contributed by atoms with van der Waals surface area (Å²) in [7, 11) is 0. The van der Waals surface area contributed by atoms with Crippen molar-refractivity contribution in [3.8, 4) is 0 Å². The van der Waals surface area contributed by atoms with E-state index in [1.807, 2.05) is 28.9 Å². The summed E-state index contributed by atoms with van der Waals surface area (Å²) in [6.07, 6.45) is 6.22. The molecule has 0 aliphatic heterocycles. The second-order valence-electron chi connectivity index (χ2n) is 6.16. The maximum Gasteiger partial charge on any atom is 0.263 e. The van der Waals surface area contributed by atoms with E-state index in [4.69, 9.17) is 11.6 Å². The lowest BCUT2D eigenvalue weighted by Gasteiger charge is -2.11. The van der Waals surface area contributed by atoms with Gasteiger partial charge < -0.3 is 5.32 Å². The van der Waals surface area contributed by atoms with Gasteiger partial charge in [0.05, 0.1) is 12.2 Å². The highest BCUT2D eigenvalue weighted by molar-refractivity contribution is 6.30. The molecule has 2 N–H and O–H groups in total. The van der Waals surface area contributed by atoms with Crippen molar-refractivity contribution in [1.82, 2.24) is 19.7 Å². The molecule has 2 aromatic heterocycles. The third-order valence-corrected chi connectivity index (χ3v) is 4.76. The van der Waals surface area contributed by atoms with E-state index in [1.54, 1.807) is 6.20 Å². The van der Waals surface area contributed by atoms with Crippen molar-refractivity contribution in [3.63, 3.8) is 0 Å². The number of benzene rings is 1. The number of hydrogen-bond donors (Lipinski definition) is 2. The highest BCUT2D eigenvalue weighted by atomic mass is 35.5. The molecule has 0 saturated heterocycles. The Kier molecular flexibility index (Phi) is 3.98. The second-order valence-corrected chi connectivity index (χ2v) is 6.60. The smallest absolute Gasteiger partial charge is 0.263 e. The molecule has 0 bridgehead atoms. The number of aromatic nitrogens is 4. The molecular weight excluding hydrogens is 326 g/mol. The predicted octanol–water partition coefficient (Wildman–Crippen LogP) is 3.50. The summed E-state index contributed by atoms with van der Waals surface area (Å²) in [6, 6.07) is 7.91. The fourth-order valence-corrected chi connectivity index (χ4v) is 3.35. The van der Waals surface area contributed by atoms with Crippen molar-refractivity contribution in [3.05, 3.63) is 51.4 Å². The molecule has 124 valence electrons. The van der Waals surface area contributed by atoms with Crippen LogP contribution in [0.4, 0.5) is 5.95 Å². The molecule has 3 aromatic rings. The highest BCUT2D eigenvalue weighted by Crippen LogP contribution is 2.30. The first-order chi connectivity index (χ1) is 11.7. The Morgan fingerprint density at radius 1 is 1.25 bits per heavy atom. The largest absolute Gasteiger partial charge is 0.352 e. The van der Waals surface area contributed by atoms with Crippen LogP contribution in [-0.4, -0.2) is 19.7 Å². The molecule has 0 atom stereocenters.